The Balaban J connectivity index is 2.08. The van der Waals surface area contributed by atoms with Gasteiger partial charge in [-0.25, -0.2) is 14.0 Å². The molecule has 0 saturated carbocycles. The Bertz CT molecular complexity index is 1420. The molecule has 0 radical (unpaired) electrons. The molecule has 3 aromatic rings. The van der Waals surface area contributed by atoms with E-state index in [0.717, 1.165) is 0 Å². The molecule has 1 aliphatic heterocycles. The highest BCUT2D eigenvalue weighted by Gasteiger charge is 2.43. The number of rotatable bonds is 5. The Labute approximate surface area is 207 Å². The van der Waals surface area contributed by atoms with Gasteiger partial charge in [-0.1, -0.05) is 60.7 Å². The molecule has 2 N–H and O–H groups in total. The second-order valence-electron chi connectivity index (χ2n) is 7.86. The van der Waals surface area contributed by atoms with Crippen molar-refractivity contribution >= 4 is 17.6 Å². The van der Waals surface area contributed by atoms with E-state index >= 15 is 0 Å². The first-order valence-electron chi connectivity index (χ1n) is 10.9. The van der Waals surface area contributed by atoms with Crippen LogP contribution < -0.4 is 10.6 Å². The number of hydrogen-bond acceptors (Lipinski definition) is 7. The number of hydrogen-bond donors (Lipinski definition) is 1. The van der Waals surface area contributed by atoms with Gasteiger partial charge in [0.25, 0.3) is 0 Å². The highest BCUT2D eigenvalue weighted by molar-refractivity contribution is 6.07. The van der Waals surface area contributed by atoms with Crippen LogP contribution in [0.2, 0.25) is 0 Å². The Morgan fingerprint density at radius 1 is 0.917 bits per heavy atom. The first kappa shape index (κ1) is 24.2. The van der Waals surface area contributed by atoms with Gasteiger partial charge in [0.1, 0.15) is 17.3 Å². The molecular formula is C28H22FN3O4. The number of carbonyl (C=O) groups excluding carboxylic acids is 2. The zero-order chi connectivity index (χ0) is 25.8. The average molecular weight is 483 g/mol. The predicted molar refractivity (Wildman–Crippen MR) is 131 cm³/mol. The predicted octanol–water partition coefficient (Wildman–Crippen LogP) is 4.39. The molecule has 1 heterocycles. The molecule has 0 fully saturated rings. The number of nitrogens with zero attached hydrogens (tertiary/aromatic N) is 2. The van der Waals surface area contributed by atoms with Gasteiger partial charge in [-0.2, -0.15) is 5.26 Å². The fraction of sp³-hybridized carbons (Fsp3) is 0.107. The van der Waals surface area contributed by atoms with Gasteiger partial charge in [0, 0.05) is 5.56 Å². The normalized spacial score (nSPS) is 15.4. The van der Waals surface area contributed by atoms with Crippen LogP contribution in [0.15, 0.2) is 102 Å². The number of halogens is 1. The molecule has 0 spiro atoms. The standard InChI is InChI=1S/C28H22FN3O4/c1-35-27(33)24-23(18-8-4-3-5-9-18)21(16-30)26(31)32(25(24)28(34)36-2)22-11-7-6-10-20(22)17-12-14-19(29)15-13-17/h3-15,23H,31H2,1-2H3. The van der Waals surface area contributed by atoms with E-state index < -0.39 is 23.7 Å². The topological polar surface area (TPSA) is 106 Å². The van der Waals surface area contributed by atoms with Crippen LogP contribution in [0, 0.1) is 17.1 Å². The quantitative estimate of drug-likeness (QED) is 0.537. The third-order valence-electron chi connectivity index (χ3n) is 5.91. The lowest BCUT2D eigenvalue weighted by atomic mass is 9.80. The van der Waals surface area contributed by atoms with Gasteiger partial charge in [0.15, 0.2) is 0 Å². The van der Waals surface area contributed by atoms with Gasteiger partial charge in [-0.05, 0) is 29.3 Å². The molecule has 0 aromatic heterocycles. The van der Waals surface area contributed by atoms with Gasteiger partial charge in [-0.3, -0.25) is 4.90 Å². The molecule has 1 atom stereocenters. The van der Waals surface area contributed by atoms with E-state index in [0.29, 0.717) is 22.4 Å². The zero-order valence-corrected chi connectivity index (χ0v) is 19.6. The first-order valence-corrected chi connectivity index (χ1v) is 10.9. The Morgan fingerprint density at radius 2 is 1.53 bits per heavy atom. The summed E-state index contributed by atoms with van der Waals surface area (Å²) in [4.78, 5) is 27.8. The minimum Gasteiger partial charge on any atom is -0.466 e. The molecule has 4 rings (SSSR count). The number of methoxy groups -OCH3 is 2. The second kappa shape index (κ2) is 10.2. The average Bonchev–Trinajstić information content (AvgIpc) is 2.92. The van der Waals surface area contributed by atoms with Crippen LogP contribution in [0.1, 0.15) is 11.5 Å². The number of nitrogens with two attached hydrogens (primary N) is 1. The van der Waals surface area contributed by atoms with Crippen molar-refractivity contribution in [2.75, 3.05) is 19.1 Å². The summed E-state index contributed by atoms with van der Waals surface area (Å²) >= 11 is 0. The van der Waals surface area contributed by atoms with E-state index in [1.54, 1.807) is 66.7 Å². The number of carbonyl (C=O) groups is 2. The molecule has 0 amide bonds. The summed E-state index contributed by atoms with van der Waals surface area (Å²) in [5, 5.41) is 10.2. The molecule has 1 unspecified atom stereocenters. The third-order valence-corrected chi connectivity index (χ3v) is 5.91. The Morgan fingerprint density at radius 3 is 2.14 bits per heavy atom. The van der Waals surface area contributed by atoms with Gasteiger partial charge in [0.2, 0.25) is 0 Å². The van der Waals surface area contributed by atoms with Crippen LogP contribution in [-0.2, 0) is 19.1 Å². The van der Waals surface area contributed by atoms with Crippen molar-refractivity contribution in [3.63, 3.8) is 0 Å². The summed E-state index contributed by atoms with van der Waals surface area (Å²) in [7, 11) is 2.38. The minimum atomic E-state index is -0.966. The van der Waals surface area contributed by atoms with Crippen molar-refractivity contribution in [2.45, 2.75) is 5.92 Å². The van der Waals surface area contributed by atoms with Crippen molar-refractivity contribution in [3.05, 3.63) is 113 Å². The van der Waals surface area contributed by atoms with Gasteiger partial charge >= 0.3 is 11.9 Å². The SMILES string of the molecule is COC(=O)C1=C(C(=O)OC)N(c2ccccc2-c2ccc(F)cc2)C(N)=C(C#N)C1c1ccccc1. The van der Waals surface area contributed by atoms with Crippen LogP contribution in [0.3, 0.4) is 0 Å². The Kier molecular flexibility index (Phi) is 6.84. The van der Waals surface area contributed by atoms with E-state index in [9.17, 15) is 19.2 Å². The lowest BCUT2D eigenvalue weighted by Crippen LogP contribution is -2.41. The largest absolute Gasteiger partial charge is 0.466 e. The number of nitriles is 1. The maximum atomic E-state index is 13.6. The summed E-state index contributed by atoms with van der Waals surface area (Å²) in [5.41, 5.74) is 8.56. The monoisotopic (exact) mass is 483 g/mol. The fourth-order valence-corrected chi connectivity index (χ4v) is 4.31. The molecule has 36 heavy (non-hydrogen) atoms. The molecule has 1 aliphatic rings. The molecule has 3 aromatic carbocycles. The molecule has 0 bridgehead atoms. The second-order valence-corrected chi connectivity index (χ2v) is 7.86. The maximum Gasteiger partial charge on any atom is 0.355 e. The number of ether oxygens (including phenoxy) is 2. The van der Waals surface area contributed by atoms with Crippen molar-refractivity contribution in [2.24, 2.45) is 5.73 Å². The highest BCUT2D eigenvalue weighted by atomic mass is 19.1. The lowest BCUT2D eigenvalue weighted by molar-refractivity contribution is -0.139. The van der Waals surface area contributed by atoms with Crippen molar-refractivity contribution in [1.82, 2.24) is 0 Å². The smallest absolute Gasteiger partial charge is 0.355 e. The number of benzene rings is 3. The molecule has 0 aliphatic carbocycles. The molecule has 0 saturated heterocycles. The molecular weight excluding hydrogens is 461 g/mol. The molecule has 8 heteroatoms. The molecule has 180 valence electrons. The third kappa shape index (κ3) is 4.18. The zero-order valence-electron chi connectivity index (χ0n) is 19.6. The van der Waals surface area contributed by atoms with Crippen LogP contribution >= 0.6 is 0 Å². The van der Waals surface area contributed by atoms with E-state index in [1.807, 2.05) is 0 Å². The Hall–Kier alpha value is -4.90. The van der Waals surface area contributed by atoms with Gasteiger partial charge in [-0.15, -0.1) is 0 Å². The van der Waals surface area contributed by atoms with Crippen LogP contribution in [0.4, 0.5) is 10.1 Å². The number of anilines is 1. The van der Waals surface area contributed by atoms with Gasteiger partial charge in [0.05, 0.1) is 43.0 Å². The van der Waals surface area contributed by atoms with Crippen LogP contribution in [-0.4, -0.2) is 26.2 Å². The van der Waals surface area contributed by atoms with E-state index in [1.165, 1.54) is 31.3 Å². The van der Waals surface area contributed by atoms with Crippen molar-refractivity contribution < 1.29 is 23.5 Å². The molecule has 7 nitrogen and oxygen atoms in total. The van der Waals surface area contributed by atoms with E-state index in [4.69, 9.17) is 15.2 Å². The van der Waals surface area contributed by atoms with E-state index in [2.05, 4.69) is 6.07 Å². The fourth-order valence-electron chi connectivity index (χ4n) is 4.31. The highest BCUT2D eigenvalue weighted by Crippen LogP contribution is 2.45. The summed E-state index contributed by atoms with van der Waals surface area (Å²) in [5.74, 6) is -3.07. The summed E-state index contributed by atoms with van der Waals surface area (Å²) in [6, 6.07) is 23.6. The summed E-state index contributed by atoms with van der Waals surface area (Å²) in [6.07, 6.45) is 0. The summed E-state index contributed by atoms with van der Waals surface area (Å²) < 4.78 is 23.8. The summed E-state index contributed by atoms with van der Waals surface area (Å²) in [6.45, 7) is 0. The minimum absolute atomic E-state index is 0.0473. The van der Waals surface area contributed by atoms with Crippen molar-refractivity contribution in [1.29, 1.82) is 5.26 Å². The van der Waals surface area contributed by atoms with Crippen molar-refractivity contribution in [3.8, 4) is 17.2 Å². The number of esters is 2. The number of allylic oxidation sites excluding steroid dienone is 1. The lowest BCUT2D eigenvalue weighted by Gasteiger charge is -2.36. The number of para-hydroxylation sites is 1. The maximum absolute atomic E-state index is 13.6. The van der Waals surface area contributed by atoms with Gasteiger partial charge < -0.3 is 15.2 Å². The van der Waals surface area contributed by atoms with Crippen LogP contribution in [0.25, 0.3) is 11.1 Å². The van der Waals surface area contributed by atoms with E-state index in [-0.39, 0.29) is 22.7 Å². The first-order chi connectivity index (χ1) is 17.4. The van der Waals surface area contributed by atoms with Crippen LogP contribution in [0.5, 0.6) is 0 Å².